The third-order valence-corrected chi connectivity index (χ3v) is 3.93. The molecule has 0 saturated heterocycles. The Morgan fingerprint density at radius 2 is 1.35 bits per heavy atom. The van der Waals surface area contributed by atoms with Gasteiger partial charge in [0.05, 0.1) is 6.04 Å². The van der Waals surface area contributed by atoms with E-state index in [2.05, 4.69) is 29.6 Å². The van der Waals surface area contributed by atoms with E-state index in [0.29, 0.717) is 6.42 Å². The number of hydrogen-bond donors (Lipinski definition) is 2. The lowest BCUT2D eigenvalue weighted by Crippen LogP contribution is -2.29. The number of rotatable bonds is 9. The van der Waals surface area contributed by atoms with Gasteiger partial charge in [0, 0.05) is 6.42 Å². The molecule has 0 aliphatic carbocycles. The zero-order valence-electron chi connectivity index (χ0n) is 13.6. The standard InChI is InChI=1S/C20H26N2O/c21-16-10-2-1-9-15-19(23)22-20(17-11-5-3-6-12-17)18-13-7-4-8-14-18/h3-8,11-14,20H,1-2,9-10,15-16,21H2,(H,22,23). The molecule has 1 amide bonds. The SMILES string of the molecule is NCCCCCCC(=O)NC(c1ccccc1)c1ccccc1. The van der Waals surface area contributed by atoms with Gasteiger partial charge in [-0.2, -0.15) is 0 Å². The van der Waals surface area contributed by atoms with Crippen LogP contribution >= 0.6 is 0 Å². The van der Waals surface area contributed by atoms with Crippen LogP contribution in [0, 0.1) is 0 Å². The monoisotopic (exact) mass is 310 g/mol. The lowest BCUT2D eigenvalue weighted by Gasteiger charge is -2.20. The van der Waals surface area contributed by atoms with Gasteiger partial charge in [0.1, 0.15) is 0 Å². The Morgan fingerprint density at radius 3 is 1.87 bits per heavy atom. The number of unbranched alkanes of at least 4 members (excludes halogenated alkanes) is 3. The molecule has 0 aliphatic rings. The molecule has 3 N–H and O–H groups in total. The second-order valence-electron chi connectivity index (χ2n) is 5.77. The van der Waals surface area contributed by atoms with Crippen molar-refractivity contribution in [1.82, 2.24) is 5.32 Å². The van der Waals surface area contributed by atoms with Crippen molar-refractivity contribution in [2.24, 2.45) is 5.73 Å². The summed E-state index contributed by atoms with van der Waals surface area (Å²) < 4.78 is 0. The van der Waals surface area contributed by atoms with Gasteiger partial charge in [0.15, 0.2) is 0 Å². The van der Waals surface area contributed by atoms with Crippen molar-refractivity contribution >= 4 is 5.91 Å². The van der Waals surface area contributed by atoms with Gasteiger partial charge in [-0.15, -0.1) is 0 Å². The first-order valence-corrected chi connectivity index (χ1v) is 8.40. The van der Waals surface area contributed by atoms with Crippen LogP contribution in [0.4, 0.5) is 0 Å². The quantitative estimate of drug-likeness (QED) is 0.692. The van der Waals surface area contributed by atoms with E-state index in [1.165, 1.54) is 0 Å². The predicted molar refractivity (Wildman–Crippen MR) is 95.0 cm³/mol. The molecule has 0 radical (unpaired) electrons. The number of amides is 1. The lowest BCUT2D eigenvalue weighted by atomic mass is 9.98. The van der Waals surface area contributed by atoms with E-state index in [1.807, 2.05) is 36.4 Å². The molecule has 0 aliphatic heterocycles. The van der Waals surface area contributed by atoms with Gasteiger partial charge >= 0.3 is 0 Å². The summed E-state index contributed by atoms with van der Waals surface area (Å²) in [6.07, 6.45) is 4.69. The molecule has 0 heterocycles. The summed E-state index contributed by atoms with van der Waals surface area (Å²) in [5.74, 6) is 0.107. The zero-order chi connectivity index (χ0) is 16.3. The molecule has 3 heteroatoms. The van der Waals surface area contributed by atoms with Gasteiger partial charge in [-0.1, -0.05) is 73.5 Å². The largest absolute Gasteiger partial charge is 0.345 e. The van der Waals surface area contributed by atoms with Crippen molar-refractivity contribution < 1.29 is 4.79 Å². The highest BCUT2D eigenvalue weighted by Crippen LogP contribution is 2.22. The van der Waals surface area contributed by atoms with Gasteiger partial charge in [-0.3, -0.25) is 4.79 Å². The maximum absolute atomic E-state index is 12.3. The number of carbonyl (C=O) groups is 1. The van der Waals surface area contributed by atoms with Crippen molar-refractivity contribution in [3.63, 3.8) is 0 Å². The summed E-state index contributed by atoms with van der Waals surface area (Å²) >= 11 is 0. The number of benzene rings is 2. The molecule has 0 spiro atoms. The molecule has 2 aromatic rings. The lowest BCUT2D eigenvalue weighted by molar-refractivity contribution is -0.121. The van der Waals surface area contributed by atoms with Gasteiger partial charge < -0.3 is 11.1 Å². The van der Waals surface area contributed by atoms with Crippen molar-refractivity contribution in [3.05, 3.63) is 71.8 Å². The number of hydrogen-bond acceptors (Lipinski definition) is 2. The number of carbonyl (C=O) groups excluding carboxylic acids is 1. The van der Waals surface area contributed by atoms with Crippen molar-refractivity contribution in [2.45, 2.75) is 38.1 Å². The Labute approximate surface area is 138 Å². The molecular weight excluding hydrogens is 284 g/mol. The summed E-state index contributed by atoms with van der Waals surface area (Å²) in [4.78, 5) is 12.3. The smallest absolute Gasteiger partial charge is 0.220 e. The van der Waals surface area contributed by atoms with Crippen LogP contribution in [-0.4, -0.2) is 12.5 Å². The van der Waals surface area contributed by atoms with E-state index in [0.717, 1.165) is 43.4 Å². The highest BCUT2D eigenvalue weighted by atomic mass is 16.1. The molecule has 2 aromatic carbocycles. The van der Waals surface area contributed by atoms with Gasteiger partial charge in [0.2, 0.25) is 5.91 Å². The third kappa shape index (κ3) is 5.87. The topological polar surface area (TPSA) is 55.1 Å². The fourth-order valence-corrected chi connectivity index (χ4v) is 2.67. The first-order valence-electron chi connectivity index (χ1n) is 8.40. The van der Waals surface area contributed by atoms with Crippen LogP contribution < -0.4 is 11.1 Å². The van der Waals surface area contributed by atoms with Gasteiger partial charge in [0.25, 0.3) is 0 Å². The van der Waals surface area contributed by atoms with Gasteiger partial charge in [-0.25, -0.2) is 0 Å². The van der Waals surface area contributed by atoms with Crippen LogP contribution in [0.1, 0.15) is 49.3 Å². The average molecular weight is 310 g/mol. The Kier molecular flexibility index (Phi) is 7.34. The zero-order valence-corrected chi connectivity index (χ0v) is 13.6. The Hall–Kier alpha value is -2.13. The maximum Gasteiger partial charge on any atom is 0.220 e. The molecule has 2 rings (SSSR count). The molecule has 0 bridgehead atoms. The second-order valence-corrected chi connectivity index (χ2v) is 5.77. The normalized spacial score (nSPS) is 10.7. The molecular formula is C20H26N2O. The first-order chi connectivity index (χ1) is 11.3. The fourth-order valence-electron chi connectivity index (χ4n) is 2.67. The van der Waals surface area contributed by atoms with Crippen molar-refractivity contribution in [2.75, 3.05) is 6.54 Å². The molecule has 0 unspecified atom stereocenters. The maximum atomic E-state index is 12.3. The van der Waals surface area contributed by atoms with Gasteiger partial charge in [-0.05, 0) is 30.5 Å². The molecule has 3 nitrogen and oxygen atoms in total. The summed E-state index contributed by atoms with van der Waals surface area (Å²) in [5, 5.41) is 3.18. The summed E-state index contributed by atoms with van der Waals surface area (Å²) in [6, 6.07) is 20.1. The Balaban J connectivity index is 1.97. The fraction of sp³-hybridized carbons (Fsp3) is 0.350. The van der Waals surface area contributed by atoms with E-state index in [4.69, 9.17) is 5.73 Å². The van der Waals surface area contributed by atoms with Crippen LogP contribution in [0.2, 0.25) is 0 Å². The highest BCUT2D eigenvalue weighted by molar-refractivity contribution is 5.77. The van der Waals surface area contributed by atoms with Crippen LogP contribution in [-0.2, 0) is 4.79 Å². The second kappa shape index (κ2) is 9.80. The van der Waals surface area contributed by atoms with Crippen LogP contribution in [0.25, 0.3) is 0 Å². The van der Waals surface area contributed by atoms with Crippen molar-refractivity contribution in [1.29, 1.82) is 0 Å². The van der Waals surface area contributed by atoms with Crippen molar-refractivity contribution in [3.8, 4) is 0 Å². The van der Waals surface area contributed by atoms with Crippen LogP contribution in [0.3, 0.4) is 0 Å². The van der Waals surface area contributed by atoms with E-state index in [9.17, 15) is 4.79 Å². The van der Waals surface area contributed by atoms with Crippen LogP contribution in [0.5, 0.6) is 0 Å². The Bertz CT molecular complexity index is 529. The average Bonchev–Trinajstić information content (AvgIpc) is 2.61. The molecule has 0 atom stereocenters. The number of nitrogens with two attached hydrogens (primary N) is 1. The first kappa shape index (κ1) is 17.2. The minimum absolute atomic E-state index is 0.0889. The van der Waals surface area contributed by atoms with E-state index in [1.54, 1.807) is 0 Å². The van der Waals surface area contributed by atoms with E-state index < -0.39 is 0 Å². The van der Waals surface area contributed by atoms with Crippen LogP contribution in [0.15, 0.2) is 60.7 Å². The minimum atomic E-state index is -0.0889. The van der Waals surface area contributed by atoms with E-state index in [-0.39, 0.29) is 11.9 Å². The summed E-state index contributed by atoms with van der Waals surface area (Å²) in [7, 11) is 0. The summed E-state index contributed by atoms with van der Waals surface area (Å²) in [5.41, 5.74) is 7.70. The summed E-state index contributed by atoms with van der Waals surface area (Å²) in [6.45, 7) is 0.732. The number of nitrogens with one attached hydrogen (secondary N) is 1. The molecule has 0 fully saturated rings. The molecule has 0 saturated carbocycles. The molecule has 23 heavy (non-hydrogen) atoms. The van der Waals surface area contributed by atoms with E-state index >= 15 is 0 Å². The minimum Gasteiger partial charge on any atom is -0.345 e. The highest BCUT2D eigenvalue weighted by Gasteiger charge is 2.16. The Morgan fingerprint density at radius 1 is 0.826 bits per heavy atom. The molecule has 122 valence electrons. The third-order valence-electron chi connectivity index (χ3n) is 3.93. The predicted octanol–water partition coefficient (Wildman–Crippen LogP) is 3.80. The molecule has 0 aromatic heterocycles.